The summed E-state index contributed by atoms with van der Waals surface area (Å²) in [6, 6.07) is 7.64. The zero-order valence-electron chi connectivity index (χ0n) is 12.9. The highest BCUT2D eigenvalue weighted by molar-refractivity contribution is 7.86. The number of esters is 1. The Kier molecular flexibility index (Phi) is 6.40. The third-order valence-electron chi connectivity index (χ3n) is 2.76. The van der Waals surface area contributed by atoms with E-state index in [4.69, 9.17) is 0 Å². The minimum Gasteiger partial charge on any atom is -0.468 e. The van der Waals surface area contributed by atoms with Crippen LogP contribution in [0.15, 0.2) is 30.3 Å². The number of likely N-dealkylation sites (N-methyl/N-ethyl adjacent to an activating group) is 1. The molecule has 0 saturated carbocycles. The lowest BCUT2D eigenvalue weighted by Crippen LogP contribution is -2.45. The van der Waals surface area contributed by atoms with E-state index >= 15 is 0 Å². The monoisotopic (exact) mass is 343 g/mol. The van der Waals surface area contributed by atoms with Crippen LogP contribution in [0.2, 0.25) is 0 Å². The molecule has 0 aliphatic rings. The SMILES string of the molecule is COC(=O)CN(C)C(=O)C(OS(C)(=O)=O)C(=O)c1ccccc1. The number of methoxy groups -OCH3 is 1. The Morgan fingerprint density at radius 3 is 2.22 bits per heavy atom. The number of rotatable bonds is 7. The van der Waals surface area contributed by atoms with Gasteiger partial charge in [-0.05, 0) is 0 Å². The largest absolute Gasteiger partial charge is 0.468 e. The third kappa shape index (κ3) is 5.80. The molecule has 1 rings (SSSR count). The summed E-state index contributed by atoms with van der Waals surface area (Å²) in [4.78, 5) is 36.7. The van der Waals surface area contributed by atoms with E-state index in [1.54, 1.807) is 18.2 Å². The predicted molar refractivity (Wildman–Crippen MR) is 80.1 cm³/mol. The first-order valence-corrected chi connectivity index (χ1v) is 8.26. The number of ketones is 1. The van der Waals surface area contributed by atoms with E-state index in [-0.39, 0.29) is 5.56 Å². The minimum atomic E-state index is -4.07. The molecule has 0 N–H and O–H groups in total. The molecule has 0 heterocycles. The van der Waals surface area contributed by atoms with Crippen LogP contribution in [0.3, 0.4) is 0 Å². The highest BCUT2D eigenvalue weighted by atomic mass is 32.2. The minimum absolute atomic E-state index is 0.112. The van der Waals surface area contributed by atoms with Gasteiger partial charge in [0, 0.05) is 12.6 Å². The summed E-state index contributed by atoms with van der Waals surface area (Å²) < 4.78 is 31.7. The van der Waals surface area contributed by atoms with Crippen molar-refractivity contribution in [3.63, 3.8) is 0 Å². The second-order valence-electron chi connectivity index (χ2n) is 4.68. The van der Waals surface area contributed by atoms with Gasteiger partial charge in [0.15, 0.2) is 0 Å². The maximum absolute atomic E-state index is 12.4. The average molecular weight is 343 g/mol. The molecule has 9 heteroatoms. The van der Waals surface area contributed by atoms with Crippen LogP contribution in [0.25, 0.3) is 0 Å². The van der Waals surface area contributed by atoms with E-state index in [0.29, 0.717) is 0 Å². The lowest BCUT2D eigenvalue weighted by Gasteiger charge is -2.21. The van der Waals surface area contributed by atoms with E-state index in [2.05, 4.69) is 8.92 Å². The molecule has 0 spiro atoms. The van der Waals surface area contributed by atoms with Crippen molar-refractivity contribution in [2.45, 2.75) is 6.10 Å². The number of hydrogen-bond donors (Lipinski definition) is 0. The molecule has 0 radical (unpaired) electrons. The number of hydrogen-bond acceptors (Lipinski definition) is 7. The number of amides is 1. The Hall–Kier alpha value is -2.26. The quantitative estimate of drug-likeness (QED) is 0.293. The molecule has 23 heavy (non-hydrogen) atoms. The van der Waals surface area contributed by atoms with Crippen LogP contribution in [-0.4, -0.2) is 64.0 Å². The van der Waals surface area contributed by atoms with Gasteiger partial charge in [0.05, 0.1) is 13.4 Å². The molecule has 1 unspecified atom stereocenters. The average Bonchev–Trinajstić information content (AvgIpc) is 2.51. The van der Waals surface area contributed by atoms with Crippen LogP contribution in [-0.2, 0) is 28.6 Å². The summed E-state index contributed by atoms with van der Waals surface area (Å²) >= 11 is 0. The fourth-order valence-corrected chi connectivity index (χ4v) is 2.18. The summed E-state index contributed by atoms with van der Waals surface area (Å²) in [6.45, 7) is -0.443. The number of benzene rings is 1. The van der Waals surface area contributed by atoms with Crippen molar-refractivity contribution < 1.29 is 31.7 Å². The highest BCUT2D eigenvalue weighted by Gasteiger charge is 2.34. The standard InChI is InChI=1S/C14H17NO7S/c1-15(9-11(16)21-2)14(18)13(22-23(3,19)20)12(17)10-7-5-4-6-8-10/h4-8,13H,9H2,1-3H3. The first kappa shape index (κ1) is 18.8. The fraction of sp³-hybridized carbons (Fsp3) is 0.357. The van der Waals surface area contributed by atoms with Gasteiger partial charge in [0.25, 0.3) is 16.0 Å². The van der Waals surface area contributed by atoms with Crippen molar-refractivity contribution in [2.24, 2.45) is 0 Å². The smallest absolute Gasteiger partial charge is 0.325 e. The van der Waals surface area contributed by atoms with Crippen LogP contribution in [0.1, 0.15) is 10.4 Å². The van der Waals surface area contributed by atoms with Crippen molar-refractivity contribution in [2.75, 3.05) is 27.0 Å². The molecule has 126 valence electrons. The number of ether oxygens (including phenoxy) is 1. The molecule has 8 nitrogen and oxygen atoms in total. The van der Waals surface area contributed by atoms with E-state index in [1.165, 1.54) is 19.2 Å². The van der Waals surface area contributed by atoms with Gasteiger partial charge >= 0.3 is 5.97 Å². The van der Waals surface area contributed by atoms with Gasteiger partial charge < -0.3 is 9.64 Å². The highest BCUT2D eigenvalue weighted by Crippen LogP contribution is 2.11. The second kappa shape index (κ2) is 7.84. The van der Waals surface area contributed by atoms with Gasteiger partial charge in [-0.15, -0.1) is 0 Å². The Morgan fingerprint density at radius 2 is 1.74 bits per heavy atom. The van der Waals surface area contributed by atoms with Crippen molar-refractivity contribution >= 4 is 27.8 Å². The van der Waals surface area contributed by atoms with Crippen molar-refractivity contribution in [3.8, 4) is 0 Å². The lowest BCUT2D eigenvalue weighted by atomic mass is 10.1. The number of Topliss-reactive ketones (excluding diaryl/α,β-unsaturated/α-hetero) is 1. The van der Waals surface area contributed by atoms with Crippen molar-refractivity contribution in [1.29, 1.82) is 0 Å². The topological polar surface area (TPSA) is 107 Å². The molecule has 0 aliphatic heterocycles. The summed E-state index contributed by atoms with van der Waals surface area (Å²) in [5, 5.41) is 0. The van der Waals surface area contributed by atoms with Crippen LogP contribution in [0, 0.1) is 0 Å². The van der Waals surface area contributed by atoms with Gasteiger partial charge in [-0.1, -0.05) is 30.3 Å². The normalized spacial score (nSPS) is 12.3. The maximum atomic E-state index is 12.4. The van der Waals surface area contributed by atoms with Gasteiger partial charge in [-0.25, -0.2) is 4.18 Å². The Balaban J connectivity index is 3.07. The molecule has 0 aromatic heterocycles. The Labute approximate surface area is 134 Å². The molecule has 1 amide bonds. The number of carbonyl (C=O) groups excluding carboxylic acids is 3. The molecular weight excluding hydrogens is 326 g/mol. The van der Waals surface area contributed by atoms with Gasteiger partial charge in [0.2, 0.25) is 11.9 Å². The van der Waals surface area contributed by atoms with Crippen LogP contribution in [0.4, 0.5) is 0 Å². The van der Waals surface area contributed by atoms with Gasteiger partial charge in [-0.3, -0.25) is 14.4 Å². The third-order valence-corrected chi connectivity index (χ3v) is 3.30. The van der Waals surface area contributed by atoms with Crippen molar-refractivity contribution in [1.82, 2.24) is 4.90 Å². The van der Waals surface area contributed by atoms with E-state index in [9.17, 15) is 22.8 Å². The molecule has 0 aliphatic carbocycles. The number of carbonyl (C=O) groups is 3. The van der Waals surface area contributed by atoms with Crippen molar-refractivity contribution in [3.05, 3.63) is 35.9 Å². The zero-order chi connectivity index (χ0) is 17.6. The molecule has 1 atom stereocenters. The summed E-state index contributed by atoms with van der Waals surface area (Å²) in [6.07, 6.45) is -1.17. The van der Waals surface area contributed by atoms with Crippen LogP contribution < -0.4 is 0 Å². The van der Waals surface area contributed by atoms with Crippen LogP contribution in [0.5, 0.6) is 0 Å². The zero-order valence-corrected chi connectivity index (χ0v) is 13.7. The van der Waals surface area contributed by atoms with E-state index in [0.717, 1.165) is 18.3 Å². The molecular formula is C14H17NO7S. The van der Waals surface area contributed by atoms with Gasteiger partial charge in [-0.2, -0.15) is 8.42 Å². The molecule has 0 bridgehead atoms. The molecule has 0 fully saturated rings. The summed E-state index contributed by atoms with van der Waals surface area (Å²) in [7, 11) is -1.70. The fourth-order valence-electron chi connectivity index (χ4n) is 1.66. The summed E-state index contributed by atoms with van der Waals surface area (Å²) in [5.74, 6) is -2.50. The maximum Gasteiger partial charge on any atom is 0.325 e. The molecule has 0 saturated heterocycles. The summed E-state index contributed by atoms with van der Waals surface area (Å²) in [5.41, 5.74) is 0.112. The second-order valence-corrected chi connectivity index (χ2v) is 6.28. The first-order chi connectivity index (χ1) is 10.7. The van der Waals surface area contributed by atoms with Crippen LogP contribution >= 0.6 is 0 Å². The first-order valence-electron chi connectivity index (χ1n) is 6.45. The Bertz CT molecular complexity index is 684. The van der Waals surface area contributed by atoms with Gasteiger partial charge in [0.1, 0.15) is 6.54 Å². The van der Waals surface area contributed by atoms with E-state index < -0.39 is 40.4 Å². The lowest BCUT2D eigenvalue weighted by molar-refractivity contribution is -0.147. The predicted octanol–water partition coefficient (Wildman–Crippen LogP) is -0.154. The Morgan fingerprint density at radius 1 is 1.17 bits per heavy atom. The molecule has 1 aromatic carbocycles. The molecule has 1 aromatic rings. The number of nitrogens with zero attached hydrogens (tertiary/aromatic N) is 1. The van der Waals surface area contributed by atoms with E-state index in [1.807, 2.05) is 0 Å².